The monoisotopic (exact) mass is 311 g/mol. The highest BCUT2D eigenvalue weighted by molar-refractivity contribution is 6.35. The summed E-state index contributed by atoms with van der Waals surface area (Å²) in [6, 6.07) is 4.50. The predicted octanol–water partition coefficient (Wildman–Crippen LogP) is 6.07. The molecule has 2 fully saturated rings. The molecular formula is C17H23Cl2N. The van der Waals surface area contributed by atoms with Crippen molar-refractivity contribution in [3.05, 3.63) is 27.7 Å². The molecule has 1 nitrogen and oxygen atoms in total. The van der Waals surface area contributed by atoms with Gasteiger partial charge in [-0.3, -0.25) is 0 Å². The van der Waals surface area contributed by atoms with E-state index < -0.39 is 0 Å². The van der Waals surface area contributed by atoms with E-state index in [1.807, 2.05) is 19.1 Å². The van der Waals surface area contributed by atoms with E-state index in [0.717, 1.165) is 33.1 Å². The van der Waals surface area contributed by atoms with Crippen LogP contribution in [0.25, 0.3) is 0 Å². The van der Waals surface area contributed by atoms with Gasteiger partial charge >= 0.3 is 0 Å². The molecule has 3 unspecified atom stereocenters. The van der Waals surface area contributed by atoms with E-state index in [0.29, 0.717) is 6.04 Å². The SMILES string of the molecule is Cc1cc(Cl)c(NC2CCC3CCCCC3C2)cc1Cl. The van der Waals surface area contributed by atoms with Crippen molar-refractivity contribution in [3.63, 3.8) is 0 Å². The Morgan fingerprint density at radius 2 is 1.70 bits per heavy atom. The summed E-state index contributed by atoms with van der Waals surface area (Å²) >= 11 is 12.6. The van der Waals surface area contributed by atoms with Gasteiger partial charge in [0.1, 0.15) is 0 Å². The maximum Gasteiger partial charge on any atom is 0.0641 e. The molecular weight excluding hydrogens is 289 g/mol. The van der Waals surface area contributed by atoms with Crippen molar-refractivity contribution in [3.8, 4) is 0 Å². The van der Waals surface area contributed by atoms with Gasteiger partial charge in [0, 0.05) is 11.1 Å². The Bertz CT molecular complexity index is 486. The van der Waals surface area contributed by atoms with Crippen LogP contribution in [0.15, 0.2) is 12.1 Å². The van der Waals surface area contributed by atoms with Gasteiger partial charge < -0.3 is 5.32 Å². The molecule has 0 heterocycles. The predicted molar refractivity (Wildman–Crippen MR) is 87.9 cm³/mol. The van der Waals surface area contributed by atoms with Crippen molar-refractivity contribution < 1.29 is 0 Å². The van der Waals surface area contributed by atoms with Crippen molar-refractivity contribution in [2.45, 2.75) is 57.9 Å². The molecule has 0 spiro atoms. The lowest BCUT2D eigenvalue weighted by Gasteiger charge is -2.40. The van der Waals surface area contributed by atoms with Gasteiger partial charge in [-0.2, -0.15) is 0 Å². The summed E-state index contributed by atoms with van der Waals surface area (Å²) in [6.45, 7) is 1.99. The van der Waals surface area contributed by atoms with Gasteiger partial charge in [0.15, 0.2) is 0 Å². The number of hydrogen-bond donors (Lipinski definition) is 1. The molecule has 3 heteroatoms. The van der Waals surface area contributed by atoms with Crippen molar-refractivity contribution in [1.82, 2.24) is 0 Å². The lowest BCUT2D eigenvalue weighted by atomic mass is 9.69. The zero-order chi connectivity index (χ0) is 14.1. The molecule has 110 valence electrons. The van der Waals surface area contributed by atoms with Gasteiger partial charge in [0.25, 0.3) is 0 Å². The van der Waals surface area contributed by atoms with E-state index in [4.69, 9.17) is 23.2 Å². The molecule has 0 aliphatic heterocycles. The maximum atomic E-state index is 6.34. The van der Waals surface area contributed by atoms with E-state index in [1.54, 1.807) is 0 Å². The standard InChI is InChI=1S/C17H23Cl2N/c1-11-8-16(19)17(10-15(11)18)20-14-7-6-12-4-2-3-5-13(12)9-14/h8,10,12-14,20H,2-7,9H2,1H3. The summed E-state index contributed by atoms with van der Waals surface area (Å²) in [5.74, 6) is 1.91. The third-order valence-electron chi connectivity index (χ3n) is 5.15. The first-order chi connectivity index (χ1) is 9.63. The second-order valence-corrected chi connectivity index (χ2v) is 7.35. The van der Waals surface area contributed by atoms with E-state index in [1.165, 1.54) is 44.9 Å². The summed E-state index contributed by atoms with van der Waals surface area (Å²) in [6.07, 6.45) is 9.68. The molecule has 1 aromatic rings. The number of aryl methyl sites for hydroxylation is 1. The van der Waals surface area contributed by atoms with Crippen LogP contribution in [0.2, 0.25) is 10.0 Å². The van der Waals surface area contributed by atoms with Crippen LogP contribution in [0.5, 0.6) is 0 Å². The molecule has 3 rings (SSSR count). The Morgan fingerprint density at radius 3 is 2.50 bits per heavy atom. The maximum absolute atomic E-state index is 6.34. The number of halogens is 2. The topological polar surface area (TPSA) is 12.0 Å². The summed E-state index contributed by atoms with van der Waals surface area (Å²) in [4.78, 5) is 0. The molecule has 0 amide bonds. The summed E-state index contributed by atoms with van der Waals surface area (Å²) < 4.78 is 0. The van der Waals surface area contributed by atoms with Crippen LogP contribution in [0.1, 0.15) is 50.5 Å². The zero-order valence-electron chi connectivity index (χ0n) is 12.1. The zero-order valence-corrected chi connectivity index (χ0v) is 13.6. The number of nitrogens with one attached hydrogen (secondary N) is 1. The highest BCUT2D eigenvalue weighted by Crippen LogP contribution is 2.41. The fourth-order valence-corrected chi connectivity index (χ4v) is 4.42. The number of benzene rings is 1. The fraction of sp³-hybridized carbons (Fsp3) is 0.647. The first-order valence-corrected chi connectivity index (χ1v) is 8.61. The van der Waals surface area contributed by atoms with Crippen LogP contribution in [0.4, 0.5) is 5.69 Å². The highest BCUT2D eigenvalue weighted by Gasteiger charge is 2.32. The Hall–Kier alpha value is -0.400. The van der Waals surface area contributed by atoms with Gasteiger partial charge in [-0.25, -0.2) is 0 Å². The number of anilines is 1. The highest BCUT2D eigenvalue weighted by atomic mass is 35.5. The first-order valence-electron chi connectivity index (χ1n) is 7.85. The van der Waals surface area contributed by atoms with Crippen LogP contribution in [0, 0.1) is 18.8 Å². The van der Waals surface area contributed by atoms with E-state index >= 15 is 0 Å². The fourth-order valence-electron chi connectivity index (χ4n) is 3.98. The van der Waals surface area contributed by atoms with Crippen molar-refractivity contribution in [1.29, 1.82) is 0 Å². The number of fused-ring (bicyclic) bond motifs is 1. The Labute approximate surface area is 132 Å². The van der Waals surface area contributed by atoms with Crippen molar-refractivity contribution in [2.75, 3.05) is 5.32 Å². The summed E-state index contributed by atoms with van der Waals surface area (Å²) in [7, 11) is 0. The summed E-state index contributed by atoms with van der Waals surface area (Å²) in [5.41, 5.74) is 2.04. The van der Waals surface area contributed by atoms with Gasteiger partial charge in [-0.1, -0.05) is 48.9 Å². The van der Waals surface area contributed by atoms with Gasteiger partial charge in [0.05, 0.1) is 10.7 Å². The average Bonchev–Trinajstić information content (AvgIpc) is 2.44. The first kappa shape index (κ1) is 14.5. The normalized spacial score (nSPS) is 29.9. The minimum absolute atomic E-state index is 0.561. The van der Waals surface area contributed by atoms with Gasteiger partial charge in [-0.05, 0) is 55.7 Å². The minimum atomic E-state index is 0.561. The Balaban J connectivity index is 1.68. The number of hydrogen-bond acceptors (Lipinski definition) is 1. The molecule has 0 aromatic heterocycles. The third-order valence-corrected chi connectivity index (χ3v) is 5.87. The molecule has 20 heavy (non-hydrogen) atoms. The lowest BCUT2D eigenvalue weighted by molar-refractivity contribution is 0.162. The quantitative estimate of drug-likeness (QED) is 0.698. The van der Waals surface area contributed by atoms with Crippen molar-refractivity contribution in [2.24, 2.45) is 11.8 Å². The Morgan fingerprint density at radius 1 is 0.950 bits per heavy atom. The largest absolute Gasteiger partial charge is 0.381 e. The lowest BCUT2D eigenvalue weighted by Crippen LogP contribution is -2.34. The molecule has 1 N–H and O–H groups in total. The molecule has 3 atom stereocenters. The molecule has 0 saturated heterocycles. The van der Waals surface area contributed by atoms with Gasteiger partial charge in [0.2, 0.25) is 0 Å². The van der Waals surface area contributed by atoms with E-state index in [2.05, 4.69) is 5.32 Å². The molecule has 0 radical (unpaired) electrons. The van der Waals surface area contributed by atoms with E-state index in [-0.39, 0.29) is 0 Å². The second kappa shape index (κ2) is 6.15. The molecule has 2 aliphatic carbocycles. The van der Waals surface area contributed by atoms with Crippen LogP contribution in [-0.4, -0.2) is 6.04 Å². The van der Waals surface area contributed by atoms with Crippen LogP contribution in [0.3, 0.4) is 0 Å². The molecule has 2 aliphatic rings. The Kier molecular flexibility index (Phi) is 4.47. The van der Waals surface area contributed by atoms with Crippen molar-refractivity contribution >= 4 is 28.9 Å². The molecule has 2 saturated carbocycles. The smallest absolute Gasteiger partial charge is 0.0641 e. The van der Waals surface area contributed by atoms with Crippen LogP contribution in [-0.2, 0) is 0 Å². The summed E-state index contributed by atoms with van der Waals surface area (Å²) in [5, 5.41) is 5.22. The van der Waals surface area contributed by atoms with Crippen LogP contribution < -0.4 is 5.32 Å². The average molecular weight is 312 g/mol. The number of rotatable bonds is 2. The third kappa shape index (κ3) is 3.09. The van der Waals surface area contributed by atoms with Gasteiger partial charge in [-0.15, -0.1) is 0 Å². The minimum Gasteiger partial charge on any atom is -0.381 e. The van der Waals surface area contributed by atoms with E-state index in [9.17, 15) is 0 Å². The molecule has 1 aromatic carbocycles. The second-order valence-electron chi connectivity index (χ2n) is 6.54. The molecule has 0 bridgehead atoms. The van der Waals surface area contributed by atoms with Crippen LogP contribution >= 0.6 is 23.2 Å².